The molecule has 2 heterocycles. The Labute approximate surface area is 136 Å². The average Bonchev–Trinajstić information content (AvgIpc) is 3.29. The molecule has 6 nitrogen and oxygen atoms in total. The minimum absolute atomic E-state index is 0.0520. The van der Waals surface area contributed by atoms with Gasteiger partial charge in [0.2, 0.25) is 11.8 Å². The number of hydrogen-bond donors (Lipinski definition) is 0. The van der Waals surface area contributed by atoms with Gasteiger partial charge in [0.1, 0.15) is 6.04 Å². The number of methoxy groups -OCH3 is 1. The number of carbonyl (C=O) groups excluding carboxylic acids is 1. The van der Waals surface area contributed by atoms with Crippen molar-refractivity contribution in [1.29, 1.82) is 0 Å². The molecule has 0 aromatic carbocycles. The van der Waals surface area contributed by atoms with Gasteiger partial charge in [0, 0.05) is 26.5 Å². The Hall–Kier alpha value is -1.43. The van der Waals surface area contributed by atoms with E-state index < -0.39 is 0 Å². The molecule has 1 saturated heterocycles. The molecule has 0 N–H and O–H groups in total. The maximum absolute atomic E-state index is 12.9. The number of hydrogen-bond acceptors (Lipinski definition) is 5. The van der Waals surface area contributed by atoms with Gasteiger partial charge in [0.15, 0.2) is 5.82 Å². The second-order valence-electron chi connectivity index (χ2n) is 7.47. The van der Waals surface area contributed by atoms with Crippen LogP contribution in [0.3, 0.4) is 0 Å². The van der Waals surface area contributed by atoms with E-state index in [0.717, 1.165) is 18.3 Å². The summed E-state index contributed by atoms with van der Waals surface area (Å²) in [6.07, 6.45) is 6.72. The minimum Gasteiger partial charge on any atom is -0.380 e. The van der Waals surface area contributed by atoms with E-state index in [2.05, 4.69) is 10.1 Å². The van der Waals surface area contributed by atoms with Crippen LogP contribution in [-0.2, 0) is 9.53 Å². The smallest absolute Gasteiger partial charge is 0.249 e. The zero-order chi connectivity index (χ0) is 16.0. The van der Waals surface area contributed by atoms with E-state index in [4.69, 9.17) is 9.26 Å². The topological polar surface area (TPSA) is 68.5 Å². The van der Waals surface area contributed by atoms with Gasteiger partial charge in [-0.25, -0.2) is 0 Å². The molecule has 2 aliphatic carbocycles. The average molecular weight is 319 g/mol. The molecule has 1 amide bonds. The molecule has 5 atom stereocenters. The predicted molar refractivity (Wildman–Crippen MR) is 82.5 cm³/mol. The van der Waals surface area contributed by atoms with Gasteiger partial charge in [0.25, 0.3) is 0 Å². The Morgan fingerprint density at radius 2 is 2.22 bits per heavy atom. The van der Waals surface area contributed by atoms with Gasteiger partial charge in [-0.15, -0.1) is 0 Å². The highest BCUT2D eigenvalue weighted by Crippen LogP contribution is 2.50. The lowest BCUT2D eigenvalue weighted by Crippen LogP contribution is -2.34. The van der Waals surface area contributed by atoms with Crippen molar-refractivity contribution < 1.29 is 14.1 Å². The molecule has 3 aliphatic rings. The van der Waals surface area contributed by atoms with Gasteiger partial charge in [0.05, 0.1) is 6.10 Å². The third-order valence-electron chi connectivity index (χ3n) is 6.07. The molecule has 4 rings (SSSR count). The summed E-state index contributed by atoms with van der Waals surface area (Å²) < 4.78 is 10.8. The van der Waals surface area contributed by atoms with Crippen LogP contribution in [0, 0.1) is 24.7 Å². The molecule has 0 spiro atoms. The van der Waals surface area contributed by atoms with Crippen LogP contribution in [0.1, 0.15) is 56.3 Å². The van der Waals surface area contributed by atoms with Crippen molar-refractivity contribution in [2.75, 3.05) is 13.7 Å². The molecule has 126 valence electrons. The van der Waals surface area contributed by atoms with Gasteiger partial charge >= 0.3 is 0 Å². The normalized spacial score (nSPS) is 36.1. The van der Waals surface area contributed by atoms with Crippen molar-refractivity contribution in [3.63, 3.8) is 0 Å². The first-order valence-electron chi connectivity index (χ1n) is 8.76. The van der Waals surface area contributed by atoms with Crippen LogP contribution >= 0.6 is 0 Å². The number of fused-ring (bicyclic) bond motifs is 2. The second kappa shape index (κ2) is 5.89. The molecule has 2 bridgehead atoms. The highest BCUT2D eigenvalue weighted by molar-refractivity contribution is 5.77. The van der Waals surface area contributed by atoms with Crippen molar-refractivity contribution in [3.8, 4) is 0 Å². The molecule has 23 heavy (non-hydrogen) atoms. The fourth-order valence-electron chi connectivity index (χ4n) is 4.89. The monoisotopic (exact) mass is 319 g/mol. The Balaban J connectivity index is 1.47. The SMILES string of the molecule is CO[C@H]1C[C@H](c2nc(C)no2)N(C(=O)CC2CC3CCC2C3)C1. The number of carbonyl (C=O) groups is 1. The maximum Gasteiger partial charge on any atom is 0.249 e. The van der Waals surface area contributed by atoms with Crippen LogP contribution in [0.4, 0.5) is 0 Å². The highest BCUT2D eigenvalue weighted by atomic mass is 16.5. The first-order valence-corrected chi connectivity index (χ1v) is 8.76. The molecule has 6 heteroatoms. The van der Waals surface area contributed by atoms with Crippen LogP contribution < -0.4 is 0 Å². The summed E-state index contributed by atoms with van der Waals surface area (Å²) in [4.78, 5) is 19.2. The number of nitrogens with zero attached hydrogens (tertiary/aromatic N) is 3. The number of ether oxygens (including phenoxy) is 1. The van der Waals surface area contributed by atoms with E-state index in [1.54, 1.807) is 14.0 Å². The molecular formula is C17H25N3O3. The number of amides is 1. The summed E-state index contributed by atoms with van der Waals surface area (Å²) in [6.45, 7) is 2.43. The van der Waals surface area contributed by atoms with E-state index >= 15 is 0 Å². The third kappa shape index (κ3) is 2.77. The van der Waals surface area contributed by atoms with Crippen LogP contribution in [0.5, 0.6) is 0 Å². The van der Waals surface area contributed by atoms with Crippen molar-refractivity contribution in [1.82, 2.24) is 15.0 Å². The van der Waals surface area contributed by atoms with Gasteiger partial charge < -0.3 is 14.2 Å². The summed E-state index contributed by atoms with van der Waals surface area (Å²) in [7, 11) is 1.70. The fraction of sp³-hybridized carbons (Fsp3) is 0.824. The first kappa shape index (κ1) is 15.1. The van der Waals surface area contributed by atoms with Gasteiger partial charge in [-0.1, -0.05) is 11.6 Å². The quantitative estimate of drug-likeness (QED) is 0.853. The lowest BCUT2D eigenvalue weighted by atomic mass is 9.86. The Morgan fingerprint density at radius 3 is 2.83 bits per heavy atom. The molecule has 3 fully saturated rings. The molecule has 3 unspecified atom stereocenters. The van der Waals surface area contributed by atoms with E-state index in [1.165, 1.54) is 25.7 Å². The van der Waals surface area contributed by atoms with E-state index in [1.807, 2.05) is 4.90 Å². The molecule has 2 saturated carbocycles. The van der Waals surface area contributed by atoms with Crippen molar-refractivity contribution >= 4 is 5.91 Å². The molecule has 0 radical (unpaired) electrons. The molecule has 1 aromatic rings. The first-order chi connectivity index (χ1) is 11.1. The minimum atomic E-state index is -0.132. The Morgan fingerprint density at radius 1 is 1.35 bits per heavy atom. The van der Waals surface area contributed by atoms with Gasteiger partial charge in [-0.05, 0) is 43.9 Å². The number of rotatable bonds is 4. The largest absolute Gasteiger partial charge is 0.380 e. The fourth-order valence-corrected chi connectivity index (χ4v) is 4.89. The van der Waals surface area contributed by atoms with Crippen LogP contribution in [0.25, 0.3) is 0 Å². The van der Waals surface area contributed by atoms with E-state index in [-0.39, 0.29) is 18.1 Å². The lowest BCUT2D eigenvalue weighted by molar-refractivity contribution is -0.134. The molecule has 1 aromatic heterocycles. The lowest BCUT2D eigenvalue weighted by Gasteiger charge is -2.26. The number of aryl methyl sites for hydroxylation is 1. The van der Waals surface area contributed by atoms with Crippen LogP contribution in [-0.4, -0.2) is 40.7 Å². The summed E-state index contributed by atoms with van der Waals surface area (Å²) in [6, 6.07) is -0.132. The second-order valence-corrected chi connectivity index (χ2v) is 7.47. The number of likely N-dealkylation sites (tertiary alicyclic amines) is 1. The van der Waals surface area contributed by atoms with Gasteiger partial charge in [-0.2, -0.15) is 4.98 Å². The highest BCUT2D eigenvalue weighted by Gasteiger charge is 2.44. The Bertz CT molecular complexity index is 587. The summed E-state index contributed by atoms with van der Waals surface area (Å²) in [5.41, 5.74) is 0. The number of aromatic nitrogens is 2. The van der Waals surface area contributed by atoms with E-state index in [9.17, 15) is 4.79 Å². The standard InChI is InChI=1S/C17H25N3O3/c1-10-18-17(23-19-10)15-8-14(22-2)9-20(15)16(21)7-13-6-11-3-4-12(13)5-11/h11-15H,3-9H2,1-2H3/t11?,12?,13?,14-,15+/m0/s1. The van der Waals surface area contributed by atoms with Crippen LogP contribution in [0.15, 0.2) is 4.52 Å². The summed E-state index contributed by atoms with van der Waals surface area (Å²) >= 11 is 0. The van der Waals surface area contributed by atoms with E-state index in [0.29, 0.717) is 30.6 Å². The summed E-state index contributed by atoms with van der Waals surface area (Å²) in [5.74, 6) is 3.60. The van der Waals surface area contributed by atoms with Crippen molar-refractivity contribution in [3.05, 3.63) is 11.7 Å². The maximum atomic E-state index is 12.9. The predicted octanol–water partition coefficient (Wildman–Crippen LogP) is 2.49. The third-order valence-corrected chi connectivity index (χ3v) is 6.07. The zero-order valence-corrected chi connectivity index (χ0v) is 13.9. The van der Waals surface area contributed by atoms with Gasteiger partial charge in [-0.3, -0.25) is 4.79 Å². The molecular weight excluding hydrogens is 294 g/mol. The van der Waals surface area contributed by atoms with Crippen molar-refractivity contribution in [2.24, 2.45) is 17.8 Å². The van der Waals surface area contributed by atoms with Crippen LogP contribution in [0.2, 0.25) is 0 Å². The summed E-state index contributed by atoms with van der Waals surface area (Å²) in [5, 5.41) is 3.88. The zero-order valence-electron chi connectivity index (χ0n) is 13.9. The molecule has 1 aliphatic heterocycles. The Kier molecular flexibility index (Phi) is 3.87. The van der Waals surface area contributed by atoms with Crippen molar-refractivity contribution in [2.45, 2.75) is 57.6 Å².